The number of benzene rings is 2. The van der Waals surface area contributed by atoms with Crippen LogP contribution < -0.4 is 5.73 Å². The van der Waals surface area contributed by atoms with E-state index >= 15 is 4.39 Å². The first kappa shape index (κ1) is 25.4. The van der Waals surface area contributed by atoms with E-state index in [2.05, 4.69) is 26.1 Å². The summed E-state index contributed by atoms with van der Waals surface area (Å²) in [7, 11) is 0. The summed E-state index contributed by atoms with van der Waals surface area (Å²) in [5.74, 6) is -0.0929. The van der Waals surface area contributed by atoms with Gasteiger partial charge in [-0.1, -0.05) is 24.3 Å². The van der Waals surface area contributed by atoms with Gasteiger partial charge in [0.2, 0.25) is 5.95 Å². The molecule has 6 rings (SSSR count). The highest BCUT2D eigenvalue weighted by molar-refractivity contribution is 5.89. The highest BCUT2D eigenvalue weighted by Gasteiger charge is 2.31. The van der Waals surface area contributed by atoms with Gasteiger partial charge in [0.25, 0.3) is 0 Å². The van der Waals surface area contributed by atoms with Crippen molar-refractivity contribution in [1.29, 1.82) is 5.26 Å². The zero-order chi connectivity index (χ0) is 27.8. The van der Waals surface area contributed by atoms with Crippen LogP contribution >= 0.6 is 0 Å². The summed E-state index contributed by atoms with van der Waals surface area (Å²) in [5.41, 5.74) is 10.3. The molecule has 0 bridgehead atoms. The Morgan fingerprint density at radius 3 is 2.73 bits per heavy atom. The number of β-amino-alcohol motifs (C(OH)–C–C–N with tert-alkyl or cyclic N) is 1. The number of hydrogen-bond donors (Lipinski definition) is 2. The summed E-state index contributed by atoms with van der Waals surface area (Å²) in [5, 5.41) is 23.8. The standard InChI is InChI=1S/C28H23F2N9O/c29-20-6-2-5-18(12-38-13-21(30)23(40)14-38)19(20)10-24-35-27-25(22-7-8-33-15-34-22)26(36-28(32)39(27)37-24)17-4-1-3-16(9-17)11-31/h1-9,15,21,23,40H,10,12-14H2,(H2,32,36)/t21-,23-/m1/s1. The van der Waals surface area contributed by atoms with Gasteiger partial charge in [0.15, 0.2) is 11.5 Å². The molecule has 0 spiro atoms. The summed E-state index contributed by atoms with van der Waals surface area (Å²) in [6, 6.07) is 15.5. The minimum atomic E-state index is -1.34. The van der Waals surface area contributed by atoms with Gasteiger partial charge in [-0.25, -0.2) is 28.7 Å². The number of rotatable bonds is 6. The van der Waals surface area contributed by atoms with E-state index in [0.717, 1.165) is 0 Å². The van der Waals surface area contributed by atoms with E-state index in [0.29, 0.717) is 50.7 Å². The number of aliphatic hydroxyl groups is 1. The van der Waals surface area contributed by atoms with Crippen molar-refractivity contribution in [3.05, 3.63) is 89.4 Å². The summed E-state index contributed by atoms with van der Waals surface area (Å²) in [4.78, 5) is 19.5. The van der Waals surface area contributed by atoms with Crippen LogP contribution in [0.25, 0.3) is 28.2 Å². The molecule has 3 N–H and O–H groups in total. The number of likely N-dealkylation sites (tertiary alicyclic amines) is 1. The summed E-state index contributed by atoms with van der Waals surface area (Å²) >= 11 is 0. The van der Waals surface area contributed by atoms with Gasteiger partial charge in [-0.3, -0.25) is 4.90 Å². The topological polar surface area (TPSA) is 142 Å². The highest BCUT2D eigenvalue weighted by Crippen LogP contribution is 2.34. The average Bonchev–Trinajstić information content (AvgIpc) is 3.53. The number of nitrogens with zero attached hydrogens (tertiary/aromatic N) is 8. The lowest BCUT2D eigenvalue weighted by atomic mass is 10.0. The van der Waals surface area contributed by atoms with Crippen molar-refractivity contribution in [2.45, 2.75) is 25.2 Å². The Labute approximate surface area is 227 Å². The molecule has 5 aromatic rings. The number of nitriles is 1. The zero-order valence-electron chi connectivity index (χ0n) is 21.1. The van der Waals surface area contributed by atoms with Crippen LogP contribution in [0.3, 0.4) is 0 Å². The van der Waals surface area contributed by atoms with Crippen molar-refractivity contribution in [2.75, 3.05) is 18.8 Å². The molecule has 3 aromatic heterocycles. The Morgan fingerprint density at radius 1 is 1.12 bits per heavy atom. The Balaban J connectivity index is 1.45. The Kier molecular flexibility index (Phi) is 6.59. The van der Waals surface area contributed by atoms with Gasteiger partial charge >= 0.3 is 0 Å². The molecule has 0 aliphatic carbocycles. The van der Waals surface area contributed by atoms with E-state index in [1.807, 2.05) is 6.07 Å². The van der Waals surface area contributed by atoms with Crippen LogP contribution in [0.2, 0.25) is 0 Å². The SMILES string of the molecule is N#Cc1cccc(-c2nc(N)n3nc(Cc4c(F)cccc4CN4C[C@@H](O)[C@H](F)C4)nc3c2-c2ccncn2)c1. The molecule has 10 nitrogen and oxygen atoms in total. The molecule has 1 fully saturated rings. The van der Waals surface area contributed by atoms with Gasteiger partial charge in [0.05, 0.1) is 34.7 Å². The van der Waals surface area contributed by atoms with Crippen molar-refractivity contribution in [3.8, 4) is 28.6 Å². The molecule has 200 valence electrons. The molecule has 1 aliphatic rings. The minimum absolute atomic E-state index is 0.0427. The smallest absolute Gasteiger partial charge is 0.223 e. The maximum absolute atomic E-state index is 15.1. The number of halogens is 2. The molecular weight excluding hydrogens is 516 g/mol. The fourth-order valence-corrected chi connectivity index (χ4v) is 4.99. The van der Waals surface area contributed by atoms with Crippen LogP contribution in [0.4, 0.5) is 14.7 Å². The number of fused-ring (bicyclic) bond motifs is 1. The zero-order valence-corrected chi connectivity index (χ0v) is 21.1. The third-order valence-corrected chi connectivity index (χ3v) is 6.90. The second kappa shape index (κ2) is 10.4. The summed E-state index contributed by atoms with van der Waals surface area (Å²) < 4.78 is 30.4. The maximum Gasteiger partial charge on any atom is 0.223 e. The predicted octanol–water partition coefficient (Wildman–Crippen LogP) is 2.95. The molecule has 0 unspecified atom stereocenters. The molecule has 40 heavy (non-hydrogen) atoms. The first-order chi connectivity index (χ1) is 19.4. The van der Waals surface area contributed by atoms with E-state index in [1.165, 1.54) is 16.9 Å². The number of hydrogen-bond acceptors (Lipinski definition) is 9. The molecule has 0 saturated carbocycles. The minimum Gasteiger partial charge on any atom is -0.389 e. The van der Waals surface area contributed by atoms with Gasteiger partial charge in [-0.2, -0.15) is 9.78 Å². The molecule has 12 heteroatoms. The van der Waals surface area contributed by atoms with Gasteiger partial charge in [-0.05, 0) is 35.4 Å². The lowest BCUT2D eigenvalue weighted by molar-refractivity contribution is 0.115. The van der Waals surface area contributed by atoms with Gasteiger partial charge < -0.3 is 10.8 Å². The lowest BCUT2D eigenvalue weighted by Crippen LogP contribution is -2.22. The van der Waals surface area contributed by atoms with Gasteiger partial charge in [-0.15, -0.1) is 5.10 Å². The van der Waals surface area contributed by atoms with Crippen molar-refractivity contribution >= 4 is 11.6 Å². The van der Waals surface area contributed by atoms with Crippen LogP contribution in [-0.2, 0) is 13.0 Å². The fraction of sp³-hybridized carbons (Fsp3) is 0.214. The van der Waals surface area contributed by atoms with E-state index in [1.54, 1.807) is 47.5 Å². The number of nitrogen functional groups attached to an aromatic ring is 1. The molecule has 0 amide bonds. The Morgan fingerprint density at radius 2 is 1.98 bits per heavy atom. The van der Waals surface area contributed by atoms with Gasteiger partial charge in [0, 0.05) is 37.8 Å². The molecule has 2 atom stereocenters. The van der Waals surface area contributed by atoms with Crippen LogP contribution in [0.5, 0.6) is 0 Å². The molecule has 1 saturated heterocycles. The maximum atomic E-state index is 15.1. The number of anilines is 1. The molecule has 1 aliphatic heterocycles. The number of nitrogens with two attached hydrogens (primary N) is 1. The second-order valence-corrected chi connectivity index (χ2v) is 9.58. The summed E-state index contributed by atoms with van der Waals surface area (Å²) in [6.45, 7) is 0.515. The first-order valence-corrected chi connectivity index (χ1v) is 12.5. The highest BCUT2D eigenvalue weighted by atomic mass is 19.1. The van der Waals surface area contributed by atoms with E-state index in [-0.39, 0.29) is 32.0 Å². The third kappa shape index (κ3) is 4.72. The van der Waals surface area contributed by atoms with Crippen molar-refractivity contribution in [2.24, 2.45) is 0 Å². The first-order valence-electron chi connectivity index (χ1n) is 12.5. The molecule has 0 radical (unpaired) electrons. The lowest BCUT2D eigenvalue weighted by Gasteiger charge is -2.17. The molecule has 2 aromatic carbocycles. The van der Waals surface area contributed by atoms with Crippen LogP contribution in [0.15, 0.2) is 61.1 Å². The van der Waals surface area contributed by atoms with Gasteiger partial charge in [0.1, 0.15) is 18.3 Å². The number of aromatic nitrogens is 6. The fourth-order valence-electron chi connectivity index (χ4n) is 4.99. The number of alkyl halides is 1. The monoisotopic (exact) mass is 539 g/mol. The largest absolute Gasteiger partial charge is 0.389 e. The van der Waals surface area contributed by atoms with Crippen molar-refractivity contribution < 1.29 is 13.9 Å². The van der Waals surface area contributed by atoms with E-state index in [9.17, 15) is 14.8 Å². The number of aliphatic hydroxyl groups excluding tert-OH is 1. The Bertz CT molecular complexity index is 1740. The predicted molar refractivity (Wildman–Crippen MR) is 142 cm³/mol. The van der Waals surface area contributed by atoms with Crippen molar-refractivity contribution in [1.82, 2.24) is 34.4 Å². The molecule has 4 heterocycles. The Hall–Kier alpha value is -4.86. The van der Waals surface area contributed by atoms with Crippen LogP contribution in [0.1, 0.15) is 22.5 Å². The third-order valence-electron chi connectivity index (χ3n) is 6.90. The molecular formula is C28H23F2N9O. The van der Waals surface area contributed by atoms with Crippen molar-refractivity contribution in [3.63, 3.8) is 0 Å². The van der Waals surface area contributed by atoms with E-state index in [4.69, 9.17) is 10.7 Å². The second-order valence-electron chi connectivity index (χ2n) is 9.58. The van der Waals surface area contributed by atoms with Crippen LogP contribution in [0, 0.1) is 17.1 Å². The van der Waals surface area contributed by atoms with E-state index < -0.39 is 18.1 Å². The summed E-state index contributed by atoms with van der Waals surface area (Å²) in [6.07, 6.45) is 0.635. The van der Waals surface area contributed by atoms with Crippen LogP contribution in [-0.4, -0.2) is 64.9 Å². The normalized spacial score (nSPS) is 17.4. The average molecular weight is 540 g/mol. The quantitative estimate of drug-likeness (QED) is 0.333.